The van der Waals surface area contributed by atoms with Crippen molar-refractivity contribution < 1.29 is 0 Å². The molecule has 0 spiro atoms. The fraction of sp³-hybridized carbons (Fsp3) is 0.812. The predicted octanol–water partition coefficient (Wildman–Crippen LogP) is 2.70. The average molecular weight is 276 g/mol. The van der Waals surface area contributed by atoms with Gasteiger partial charge in [-0.3, -0.25) is 4.90 Å². The number of piperidine rings is 1. The first-order chi connectivity index (χ1) is 9.78. The molecular weight excluding hydrogens is 248 g/mol. The van der Waals surface area contributed by atoms with Gasteiger partial charge < -0.3 is 10.3 Å². The SMILES string of the molecule is CCn1ccnc1C(N)C1(N2CCCCC2)CCCC1. The van der Waals surface area contributed by atoms with Crippen LogP contribution in [0.2, 0.25) is 0 Å². The van der Waals surface area contributed by atoms with Gasteiger partial charge in [0.25, 0.3) is 0 Å². The zero-order valence-electron chi connectivity index (χ0n) is 12.7. The minimum absolute atomic E-state index is 0.0537. The summed E-state index contributed by atoms with van der Waals surface area (Å²) in [6.07, 6.45) is 13.1. The molecule has 1 unspecified atom stereocenters. The normalized spacial score (nSPS) is 24.9. The maximum Gasteiger partial charge on any atom is 0.127 e. The zero-order chi connectivity index (χ0) is 14.0. The monoisotopic (exact) mass is 276 g/mol. The molecule has 1 aromatic rings. The number of imidazole rings is 1. The van der Waals surface area contributed by atoms with Crippen molar-refractivity contribution >= 4 is 0 Å². The molecule has 0 aromatic carbocycles. The van der Waals surface area contributed by atoms with E-state index in [-0.39, 0.29) is 11.6 Å². The van der Waals surface area contributed by atoms with E-state index in [4.69, 9.17) is 5.73 Å². The Morgan fingerprint density at radius 2 is 1.90 bits per heavy atom. The smallest absolute Gasteiger partial charge is 0.127 e. The number of likely N-dealkylation sites (tertiary alicyclic amines) is 1. The van der Waals surface area contributed by atoms with Crippen LogP contribution in [-0.4, -0.2) is 33.1 Å². The Balaban J connectivity index is 1.89. The van der Waals surface area contributed by atoms with Gasteiger partial charge in [-0.2, -0.15) is 0 Å². The highest BCUT2D eigenvalue weighted by Gasteiger charge is 2.46. The van der Waals surface area contributed by atoms with Crippen molar-refractivity contribution in [3.8, 4) is 0 Å². The molecule has 4 heteroatoms. The Hall–Kier alpha value is -0.870. The molecule has 1 aliphatic heterocycles. The Labute approximate surface area is 122 Å². The topological polar surface area (TPSA) is 47.1 Å². The highest BCUT2D eigenvalue weighted by Crippen LogP contribution is 2.44. The Morgan fingerprint density at radius 3 is 2.55 bits per heavy atom. The number of aryl methyl sites for hydroxylation is 1. The van der Waals surface area contributed by atoms with Crippen LogP contribution in [0.1, 0.15) is 63.7 Å². The third-order valence-corrected chi connectivity index (χ3v) is 5.40. The van der Waals surface area contributed by atoms with E-state index < -0.39 is 0 Å². The Bertz CT molecular complexity index is 427. The minimum atomic E-state index is 0.0537. The molecule has 0 bridgehead atoms. The van der Waals surface area contributed by atoms with Crippen LogP contribution in [0.4, 0.5) is 0 Å². The lowest BCUT2D eigenvalue weighted by Gasteiger charge is -2.47. The highest BCUT2D eigenvalue weighted by molar-refractivity contribution is 5.12. The molecule has 1 aliphatic carbocycles. The fourth-order valence-corrected chi connectivity index (χ4v) is 4.26. The lowest BCUT2D eigenvalue weighted by molar-refractivity contribution is 0.0445. The third-order valence-electron chi connectivity index (χ3n) is 5.40. The van der Waals surface area contributed by atoms with Crippen molar-refractivity contribution in [2.24, 2.45) is 5.73 Å². The summed E-state index contributed by atoms with van der Waals surface area (Å²) in [7, 11) is 0. The molecule has 2 N–H and O–H groups in total. The summed E-state index contributed by atoms with van der Waals surface area (Å²) in [5, 5.41) is 0. The van der Waals surface area contributed by atoms with Gasteiger partial charge >= 0.3 is 0 Å². The van der Waals surface area contributed by atoms with Crippen LogP contribution in [0.25, 0.3) is 0 Å². The second-order valence-electron chi connectivity index (χ2n) is 6.41. The van der Waals surface area contributed by atoms with Gasteiger partial charge in [-0.05, 0) is 45.7 Å². The third kappa shape index (κ3) is 2.29. The molecule has 1 atom stereocenters. The molecule has 2 fully saturated rings. The number of hydrogen-bond acceptors (Lipinski definition) is 3. The van der Waals surface area contributed by atoms with E-state index in [1.807, 2.05) is 6.20 Å². The Kier molecular flexibility index (Phi) is 4.13. The summed E-state index contributed by atoms with van der Waals surface area (Å²) in [4.78, 5) is 7.28. The van der Waals surface area contributed by atoms with Crippen molar-refractivity contribution in [1.29, 1.82) is 0 Å². The van der Waals surface area contributed by atoms with Gasteiger partial charge in [-0.1, -0.05) is 19.3 Å². The summed E-state index contributed by atoms with van der Waals surface area (Å²) < 4.78 is 2.22. The number of aromatic nitrogens is 2. The van der Waals surface area contributed by atoms with Crippen LogP contribution in [-0.2, 0) is 6.54 Å². The van der Waals surface area contributed by atoms with E-state index in [1.54, 1.807) is 0 Å². The van der Waals surface area contributed by atoms with Crippen LogP contribution in [0.5, 0.6) is 0 Å². The van der Waals surface area contributed by atoms with Gasteiger partial charge in [0, 0.05) is 24.5 Å². The number of nitrogens with zero attached hydrogens (tertiary/aromatic N) is 3. The molecule has 1 saturated carbocycles. The minimum Gasteiger partial charge on any atom is -0.334 e. The van der Waals surface area contributed by atoms with Gasteiger partial charge in [0.2, 0.25) is 0 Å². The maximum atomic E-state index is 6.76. The molecule has 2 heterocycles. The van der Waals surface area contributed by atoms with Crippen LogP contribution in [0.3, 0.4) is 0 Å². The number of hydrogen-bond donors (Lipinski definition) is 1. The van der Waals surface area contributed by atoms with E-state index >= 15 is 0 Å². The zero-order valence-corrected chi connectivity index (χ0v) is 12.7. The van der Waals surface area contributed by atoms with Crippen molar-refractivity contribution in [3.63, 3.8) is 0 Å². The lowest BCUT2D eigenvalue weighted by Crippen LogP contribution is -2.56. The average Bonchev–Trinajstić information content (AvgIpc) is 3.17. The number of rotatable bonds is 4. The highest BCUT2D eigenvalue weighted by atomic mass is 15.2. The van der Waals surface area contributed by atoms with Gasteiger partial charge in [0.1, 0.15) is 5.82 Å². The summed E-state index contributed by atoms with van der Waals surface area (Å²) in [5.41, 5.74) is 6.93. The van der Waals surface area contributed by atoms with Crippen molar-refractivity contribution in [3.05, 3.63) is 18.2 Å². The molecule has 2 aliphatic rings. The van der Waals surface area contributed by atoms with Gasteiger partial charge in [-0.25, -0.2) is 4.98 Å². The van der Waals surface area contributed by atoms with E-state index in [9.17, 15) is 0 Å². The second-order valence-corrected chi connectivity index (χ2v) is 6.41. The quantitative estimate of drug-likeness (QED) is 0.919. The fourth-order valence-electron chi connectivity index (χ4n) is 4.26. The van der Waals surface area contributed by atoms with Gasteiger partial charge in [0.05, 0.1) is 6.04 Å². The standard InChI is InChI=1S/C16H28N4/c1-2-19-13-10-18-15(19)14(17)16(8-4-5-9-16)20-11-6-3-7-12-20/h10,13-14H,2-9,11-12,17H2,1H3. The van der Waals surface area contributed by atoms with Crippen molar-refractivity contribution in [2.75, 3.05) is 13.1 Å². The van der Waals surface area contributed by atoms with Crippen LogP contribution >= 0.6 is 0 Å². The second kappa shape index (κ2) is 5.86. The van der Waals surface area contributed by atoms with Gasteiger partial charge in [-0.15, -0.1) is 0 Å². The molecule has 20 heavy (non-hydrogen) atoms. The molecule has 3 rings (SSSR count). The first kappa shape index (κ1) is 14.1. The molecule has 0 radical (unpaired) electrons. The van der Waals surface area contributed by atoms with E-state index in [0.717, 1.165) is 12.4 Å². The molecule has 112 valence electrons. The van der Waals surface area contributed by atoms with Crippen LogP contribution in [0.15, 0.2) is 12.4 Å². The first-order valence-corrected chi connectivity index (χ1v) is 8.29. The van der Waals surface area contributed by atoms with E-state index in [1.165, 1.54) is 58.0 Å². The molecule has 1 aromatic heterocycles. The molecule has 0 amide bonds. The van der Waals surface area contributed by atoms with Crippen LogP contribution in [0, 0.1) is 0 Å². The summed E-state index contributed by atoms with van der Waals surface area (Å²) in [6, 6.07) is 0.0537. The van der Waals surface area contributed by atoms with E-state index in [0.29, 0.717) is 0 Å². The van der Waals surface area contributed by atoms with Crippen LogP contribution < -0.4 is 5.73 Å². The first-order valence-electron chi connectivity index (χ1n) is 8.29. The lowest BCUT2D eigenvalue weighted by atomic mass is 9.84. The predicted molar refractivity (Wildman–Crippen MR) is 81.5 cm³/mol. The Morgan fingerprint density at radius 1 is 1.20 bits per heavy atom. The van der Waals surface area contributed by atoms with E-state index in [2.05, 4.69) is 27.6 Å². The summed E-state index contributed by atoms with van der Waals surface area (Å²) in [6.45, 7) is 5.57. The van der Waals surface area contributed by atoms with Crippen molar-refractivity contribution in [2.45, 2.75) is 70.0 Å². The van der Waals surface area contributed by atoms with Crippen molar-refractivity contribution in [1.82, 2.24) is 14.5 Å². The summed E-state index contributed by atoms with van der Waals surface area (Å²) >= 11 is 0. The summed E-state index contributed by atoms with van der Waals surface area (Å²) in [5.74, 6) is 1.08. The molecule has 4 nitrogen and oxygen atoms in total. The molecule has 1 saturated heterocycles. The maximum absolute atomic E-state index is 6.76. The number of nitrogens with two attached hydrogens (primary N) is 1. The van der Waals surface area contributed by atoms with Gasteiger partial charge in [0.15, 0.2) is 0 Å². The largest absolute Gasteiger partial charge is 0.334 e. The molecular formula is C16H28N4.